The highest BCUT2D eigenvalue weighted by atomic mass is 16.5. The Morgan fingerprint density at radius 3 is 3.05 bits per heavy atom. The van der Waals surface area contributed by atoms with Crippen LogP contribution in [0.15, 0.2) is 18.2 Å². The molecule has 108 valence electrons. The van der Waals surface area contributed by atoms with Gasteiger partial charge in [0.25, 0.3) is 0 Å². The fourth-order valence-electron chi connectivity index (χ4n) is 2.38. The first-order chi connectivity index (χ1) is 9.63. The van der Waals surface area contributed by atoms with Gasteiger partial charge in [0.2, 0.25) is 0 Å². The van der Waals surface area contributed by atoms with Crippen LogP contribution in [0.3, 0.4) is 0 Å². The molecule has 0 spiro atoms. The maximum absolute atomic E-state index is 8.99. The molecule has 0 aliphatic carbocycles. The van der Waals surface area contributed by atoms with Gasteiger partial charge in [-0.15, -0.1) is 0 Å². The van der Waals surface area contributed by atoms with Crippen LogP contribution in [0, 0.1) is 11.3 Å². The van der Waals surface area contributed by atoms with E-state index >= 15 is 0 Å². The zero-order valence-corrected chi connectivity index (χ0v) is 12.0. The lowest BCUT2D eigenvalue weighted by Crippen LogP contribution is -2.49. The monoisotopic (exact) mass is 275 g/mol. The van der Waals surface area contributed by atoms with Gasteiger partial charge >= 0.3 is 0 Å². The molecule has 5 nitrogen and oxygen atoms in total. The quantitative estimate of drug-likeness (QED) is 0.891. The molecule has 0 radical (unpaired) electrons. The molecule has 0 amide bonds. The Morgan fingerprint density at radius 1 is 1.60 bits per heavy atom. The van der Waals surface area contributed by atoms with Crippen molar-refractivity contribution in [3.8, 4) is 11.8 Å². The average Bonchev–Trinajstić information content (AvgIpc) is 2.47. The van der Waals surface area contributed by atoms with Crippen LogP contribution in [0.4, 0.5) is 0 Å². The molecule has 1 saturated heterocycles. The average molecular weight is 275 g/mol. The molecule has 1 fully saturated rings. The molecule has 0 aromatic heterocycles. The summed E-state index contributed by atoms with van der Waals surface area (Å²) < 4.78 is 10.9. The molecule has 1 aliphatic heterocycles. The summed E-state index contributed by atoms with van der Waals surface area (Å²) in [4.78, 5) is 2.32. The number of nitrogens with zero attached hydrogens (tertiary/aromatic N) is 2. The van der Waals surface area contributed by atoms with E-state index in [1.54, 1.807) is 13.2 Å². The number of nitrogens with two attached hydrogens (primary N) is 1. The van der Waals surface area contributed by atoms with Gasteiger partial charge in [-0.25, -0.2) is 0 Å². The highest BCUT2D eigenvalue weighted by Crippen LogP contribution is 2.21. The third kappa shape index (κ3) is 3.48. The molecule has 2 unspecified atom stereocenters. The molecule has 1 heterocycles. The maximum atomic E-state index is 8.99. The van der Waals surface area contributed by atoms with E-state index in [0.717, 1.165) is 25.2 Å². The minimum Gasteiger partial charge on any atom is -0.495 e. The van der Waals surface area contributed by atoms with E-state index in [2.05, 4.69) is 11.0 Å². The van der Waals surface area contributed by atoms with E-state index in [9.17, 15) is 0 Å². The summed E-state index contributed by atoms with van der Waals surface area (Å²) in [7, 11) is 1.58. The predicted molar refractivity (Wildman–Crippen MR) is 76.4 cm³/mol. The fraction of sp³-hybridized carbons (Fsp3) is 0.533. The lowest BCUT2D eigenvalue weighted by Gasteiger charge is -2.34. The third-order valence-corrected chi connectivity index (χ3v) is 3.56. The number of hydrogen-bond acceptors (Lipinski definition) is 5. The van der Waals surface area contributed by atoms with E-state index in [4.69, 9.17) is 20.5 Å². The van der Waals surface area contributed by atoms with Gasteiger partial charge in [0.05, 0.1) is 25.4 Å². The van der Waals surface area contributed by atoms with Crippen molar-refractivity contribution in [2.45, 2.75) is 25.6 Å². The van der Waals surface area contributed by atoms with Gasteiger partial charge in [-0.05, 0) is 24.6 Å². The summed E-state index contributed by atoms with van der Waals surface area (Å²) >= 11 is 0. The zero-order chi connectivity index (χ0) is 14.5. The van der Waals surface area contributed by atoms with E-state index in [-0.39, 0.29) is 12.1 Å². The van der Waals surface area contributed by atoms with Crippen LogP contribution in [-0.2, 0) is 11.3 Å². The van der Waals surface area contributed by atoms with Gasteiger partial charge in [-0.3, -0.25) is 4.90 Å². The molecular formula is C15H21N3O2. The number of nitriles is 1. The van der Waals surface area contributed by atoms with Crippen molar-refractivity contribution >= 4 is 0 Å². The molecule has 0 saturated carbocycles. The molecule has 2 rings (SSSR count). The molecule has 1 aromatic carbocycles. The van der Waals surface area contributed by atoms with Crippen LogP contribution in [0.5, 0.6) is 5.75 Å². The van der Waals surface area contributed by atoms with Crippen LogP contribution < -0.4 is 10.5 Å². The SMILES string of the molecule is COc1cc(CN2CCOC(C(C)N)C2)ccc1C#N. The predicted octanol–water partition coefficient (Wildman–Crippen LogP) is 1.11. The smallest absolute Gasteiger partial charge is 0.136 e. The largest absolute Gasteiger partial charge is 0.495 e. The van der Waals surface area contributed by atoms with Crippen molar-refractivity contribution in [1.82, 2.24) is 4.90 Å². The summed E-state index contributed by atoms with van der Waals surface area (Å²) in [6.07, 6.45) is 0.0871. The zero-order valence-electron chi connectivity index (χ0n) is 12.0. The molecule has 20 heavy (non-hydrogen) atoms. The van der Waals surface area contributed by atoms with Crippen LogP contribution in [0.25, 0.3) is 0 Å². The number of morpholine rings is 1. The van der Waals surface area contributed by atoms with Crippen LogP contribution in [0.1, 0.15) is 18.1 Å². The van der Waals surface area contributed by atoms with E-state index in [1.165, 1.54) is 0 Å². The summed E-state index contributed by atoms with van der Waals surface area (Å²) in [5, 5.41) is 8.99. The van der Waals surface area contributed by atoms with Gasteiger partial charge in [-0.1, -0.05) is 6.07 Å². The Labute approximate surface area is 119 Å². The number of ether oxygens (including phenoxy) is 2. The Balaban J connectivity index is 2.04. The molecule has 1 aliphatic rings. The molecule has 2 atom stereocenters. The minimum absolute atomic E-state index is 0.0355. The summed E-state index contributed by atoms with van der Waals surface area (Å²) in [6.45, 7) is 5.22. The Bertz CT molecular complexity index is 496. The van der Waals surface area contributed by atoms with Crippen molar-refractivity contribution in [2.24, 2.45) is 5.73 Å². The fourth-order valence-corrected chi connectivity index (χ4v) is 2.38. The number of rotatable bonds is 4. The summed E-state index contributed by atoms with van der Waals surface area (Å²) in [5.74, 6) is 0.627. The first-order valence-corrected chi connectivity index (χ1v) is 6.80. The molecule has 1 aromatic rings. The second kappa shape index (κ2) is 6.71. The topological polar surface area (TPSA) is 71.5 Å². The van der Waals surface area contributed by atoms with E-state index < -0.39 is 0 Å². The number of methoxy groups -OCH3 is 1. The Morgan fingerprint density at radius 2 is 2.40 bits per heavy atom. The normalized spacial score (nSPS) is 21.2. The number of hydrogen-bond donors (Lipinski definition) is 1. The standard InChI is InChI=1S/C15H21N3O2/c1-11(17)15-10-18(5-6-20-15)9-12-3-4-13(8-16)14(7-12)19-2/h3-4,7,11,15H,5-6,9-10,17H2,1-2H3. The highest BCUT2D eigenvalue weighted by Gasteiger charge is 2.23. The van der Waals surface area contributed by atoms with Crippen molar-refractivity contribution in [3.63, 3.8) is 0 Å². The Kier molecular flexibility index (Phi) is 4.96. The van der Waals surface area contributed by atoms with Crippen LogP contribution in [0.2, 0.25) is 0 Å². The molecule has 5 heteroatoms. The summed E-state index contributed by atoms with van der Waals surface area (Å²) in [5.41, 5.74) is 7.59. The van der Waals surface area contributed by atoms with Crippen molar-refractivity contribution < 1.29 is 9.47 Å². The van der Waals surface area contributed by atoms with Crippen molar-refractivity contribution in [3.05, 3.63) is 29.3 Å². The maximum Gasteiger partial charge on any atom is 0.136 e. The van der Waals surface area contributed by atoms with Crippen LogP contribution in [-0.4, -0.2) is 43.9 Å². The van der Waals surface area contributed by atoms with Gasteiger partial charge in [0.15, 0.2) is 0 Å². The van der Waals surface area contributed by atoms with Crippen LogP contribution >= 0.6 is 0 Å². The molecular weight excluding hydrogens is 254 g/mol. The first kappa shape index (κ1) is 14.8. The second-order valence-electron chi connectivity index (χ2n) is 5.15. The lowest BCUT2D eigenvalue weighted by atomic mass is 10.1. The highest BCUT2D eigenvalue weighted by molar-refractivity contribution is 5.45. The molecule has 0 bridgehead atoms. The molecule has 2 N–H and O–H groups in total. The van der Waals surface area contributed by atoms with Gasteiger partial charge < -0.3 is 15.2 Å². The van der Waals surface area contributed by atoms with Crippen molar-refractivity contribution in [2.75, 3.05) is 26.8 Å². The van der Waals surface area contributed by atoms with Gasteiger partial charge in [0, 0.05) is 25.7 Å². The number of benzene rings is 1. The van der Waals surface area contributed by atoms with E-state index in [0.29, 0.717) is 17.9 Å². The first-order valence-electron chi connectivity index (χ1n) is 6.80. The second-order valence-corrected chi connectivity index (χ2v) is 5.15. The third-order valence-electron chi connectivity index (χ3n) is 3.56. The van der Waals surface area contributed by atoms with Gasteiger partial charge in [-0.2, -0.15) is 5.26 Å². The van der Waals surface area contributed by atoms with E-state index in [1.807, 2.05) is 19.1 Å². The minimum atomic E-state index is 0.0355. The lowest BCUT2D eigenvalue weighted by molar-refractivity contribution is -0.0403. The van der Waals surface area contributed by atoms with Gasteiger partial charge in [0.1, 0.15) is 11.8 Å². The summed E-state index contributed by atoms with van der Waals surface area (Å²) in [6, 6.07) is 7.86. The Hall–Kier alpha value is -1.61. The van der Waals surface area contributed by atoms with Crippen molar-refractivity contribution in [1.29, 1.82) is 5.26 Å².